The molecule has 1 aromatic rings. The van der Waals surface area contributed by atoms with Gasteiger partial charge < -0.3 is 15.4 Å². The number of hydrogen-bond acceptors (Lipinski definition) is 4. The number of halogens is 1. The molecule has 2 atom stereocenters. The Labute approximate surface area is 173 Å². The van der Waals surface area contributed by atoms with Crippen molar-refractivity contribution in [3.05, 3.63) is 17.0 Å². The standard InChI is InChI=1S/C17H31N5OS.HI/c1-12-16(13(2)22(21-12)8-9-23-4)11-19-17(18-3)20-14-6-7-15(10-14)24-5;/h14-15H,6-11H2,1-5H3,(H2,18,19,20);1H. The minimum Gasteiger partial charge on any atom is -0.383 e. The van der Waals surface area contributed by atoms with Crippen molar-refractivity contribution in [1.82, 2.24) is 20.4 Å². The Morgan fingerprint density at radius 1 is 1.40 bits per heavy atom. The Kier molecular flexibility index (Phi) is 10.2. The Balaban J connectivity index is 0.00000312. The third-order valence-corrected chi connectivity index (χ3v) is 5.85. The number of guanidine groups is 1. The van der Waals surface area contributed by atoms with Gasteiger partial charge in [-0.25, -0.2) is 0 Å². The summed E-state index contributed by atoms with van der Waals surface area (Å²) in [5.41, 5.74) is 3.49. The van der Waals surface area contributed by atoms with Gasteiger partial charge in [0.2, 0.25) is 0 Å². The van der Waals surface area contributed by atoms with E-state index in [2.05, 4.69) is 40.8 Å². The van der Waals surface area contributed by atoms with E-state index < -0.39 is 0 Å². The highest BCUT2D eigenvalue weighted by Gasteiger charge is 2.24. The number of rotatable bonds is 7. The maximum atomic E-state index is 5.15. The molecule has 0 amide bonds. The van der Waals surface area contributed by atoms with Crippen LogP contribution in [0.2, 0.25) is 0 Å². The zero-order valence-electron chi connectivity index (χ0n) is 16.0. The summed E-state index contributed by atoms with van der Waals surface area (Å²) in [6, 6.07) is 0.528. The molecule has 1 saturated carbocycles. The van der Waals surface area contributed by atoms with E-state index in [0.29, 0.717) is 12.6 Å². The highest BCUT2D eigenvalue weighted by Crippen LogP contribution is 2.28. The van der Waals surface area contributed by atoms with Crippen molar-refractivity contribution in [3.63, 3.8) is 0 Å². The first-order chi connectivity index (χ1) is 11.6. The van der Waals surface area contributed by atoms with E-state index in [0.717, 1.165) is 30.0 Å². The summed E-state index contributed by atoms with van der Waals surface area (Å²) in [5.74, 6) is 0.880. The van der Waals surface area contributed by atoms with E-state index in [4.69, 9.17) is 4.74 Å². The molecule has 2 N–H and O–H groups in total. The van der Waals surface area contributed by atoms with E-state index in [-0.39, 0.29) is 24.0 Å². The van der Waals surface area contributed by atoms with Gasteiger partial charge in [0.05, 0.1) is 18.8 Å². The van der Waals surface area contributed by atoms with Crippen molar-refractivity contribution in [2.24, 2.45) is 4.99 Å². The van der Waals surface area contributed by atoms with Crippen molar-refractivity contribution in [2.75, 3.05) is 27.0 Å². The molecular weight excluding hydrogens is 449 g/mol. The molecule has 0 aromatic carbocycles. The Hall–Kier alpha value is -0.480. The van der Waals surface area contributed by atoms with Crippen molar-refractivity contribution in [3.8, 4) is 0 Å². The lowest BCUT2D eigenvalue weighted by atomic mass is 10.2. The molecule has 0 bridgehead atoms. The summed E-state index contributed by atoms with van der Waals surface area (Å²) >= 11 is 1.97. The molecule has 0 radical (unpaired) electrons. The summed E-state index contributed by atoms with van der Waals surface area (Å²) < 4.78 is 7.17. The molecule has 8 heteroatoms. The van der Waals surface area contributed by atoms with Crippen LogP contribution in [0.25, 0.3) is 0 Å². The molecule has 0 spiro atoms. The first-order valence-electron chi connectivity index (χ1n) is 8.60. The number of aromatic nitrogens is 2. The highest BCUT2D eigenvalue weighted by atomic mass is 127. The fourth-order valence-corrected chi connectivity index (χ4v) is 4.03. The average Bonchev–Trinajstić information content (AvgIpc) is 3.14. The molecule has 1 fully saturated rings. The van der Waals surface area contributed by atoms with Crippen molar-refractivity contribution in [2.45, 2.75) is 57.5 Å². The molecular formula is C17H32IN5OS. The number of methoxy groups -OCH3 is 1. The van der Waals surface area contributed by atoms with Gasteiger partial charge >= 0.3 is 0 Å². The normalized spacial score (nSPS) is 20.4. The second-order valence-corrected chi connectivity index (χ2v) is 7.44. The molecule has 25 heavy (non-hydrogen) atoms. The molecule has 0 saturated heterocycles. The van der Waals surface area contributed by atoms with Crippen LogP contribution in [0.1, 0.15) is 36.2 Å². The first-order valence-corrected chi connectivity index (χ1v) is 9.89. The zero-order valence-corrected chi connectivity index (χ0v) is 19.1. The third-order valence-electron chi connectivity index (χ3n) is 4.75. The summed E-state index contributed by atoms with van der Waals surface area (Å²) in [6.45, 7) is 6.38. The SMILES string of the molecule is CN=C(NCc1c(C)nn(CCOC)c1C)NC1CCC(SC)C1.I. The molecule has 1 aromatic heterocycles. The Bertz CT molecular complexity index is 563. The number of ether oxygens (including phenoxy) is 1. The Morgan fingerprint density at radius 2 is 2.16 bits per heavy atom. The first kappa shape index (κ1) is 22.6. The summed E-state index contributed by atoms with van der Waals surface area (Å²) in [4.78, 5) is 4.37. The summed E-state index contributed by atoms with van der Waals surface area (Å²) in [7, 11) is 3.55. The van der Waals surface area contributed by atoms with Crippen LogP contribution in [0.15, 0.2) is 4.99 Å². The smallest absolute Gasteiger partial charge is 0.191 e. The second kappa shape index (κ2) is 11.3. The van der Waals surface area contributed by atoms with E-state index in [1.165, 1.54) is 30.5 Å². The lowest BCUT2D eigenvalue weighted by molar-refractivity contribution is 0.182. The van der Waals surface area contributed by atoms with E-state index in [1.807, 2.05) is 23.5 Å². The number of hydrogen-bond donors (Lipinski definition) is 2. The average molecular weight is 481 g/mol. The van der Waals surface area contributed by atoms with Gasteiger partial charge in [-0.2, -0.15) is 16.9 Å². The number of aryl methyl sites for hydroxylation is 1. The van der Waals surface area contributed by atoms with Gasteiger partial charge in [0.15, 0.2) is 5.96 Å². The largest absolute Gasteiger partial charge is 0.383 e. The lowest BCUT2D eigenvalue weighted by Crippen LogP contribution is -2.42. The van der Waals surface area contributed by atoms with Crippen LogP contribution in [0, 0.1) is 13.8 Å². The van der Waals surface area contributed by atoms with Crippen LogP contribution in [0.3, 0.4) is 0 Å². The van der Waals surface area contributed by atoms with Crippen molar-refractivity contribution < 1.29 is 4.74 Å². The van der Waals surface area contributed by atoms with Gasteiger partial charge in [-0.1, -0.05) is 0 Å². The molecule has 1 heterocycles. The molecule has 1 aliphatic rings. The van der Waals surface area contributed by atoms with Crippen LogP contribution in [0.4, 0.5) is 0 Å². The van der Waals surface area contributed by atoms with Gasteiger partial charge in [-0.3, -0.25) is 9.67 Å². The molecule has 0 aliphatic heterocycles. The molecule has 2 rings (SSSR count). The zero-order chi connectivity index (χ0) is 17.5. The predicted octanol–water partition coefficient (Wildman–Crippen LogP) is 2.71. The minimum atomic E-state index is 0. The van der Waals surface area contributed by atoms with E-state index >= 15 is 0 Å². The predicted molar refractivity (Wildman–Crippen MR) is 117 cm³/mol. The van der Waals surface area contributed by atoms with Gasteiger partial charge in [0.25, 0.3) is 0 Å². The lowest BCUT2D eigenvalue weighted by Gasteiger charge is -2.17. The van der Waals surface area contributed by atoms with Crippen molar-refractivity contribution >= 4 is 41.7 Å². The molecule has 6 nitrogen and oxygen atoms in total. The van der Waals surface area contributed by atoms with E-state index in [1.54, 1.807) is 7.11 Å². The number of nitrogens with zero attached hydrogens (tertiary/aromatic N) is 3. The fraction of sp³-hybridized carbons (Fsp3) is 0.765. The maximum absolute atomic E-state index is 5.15. The van der Waals surface area contributed by atoms with Gasteiger partial charge in [-0.15, -0.1) is 24.0 Å². The molecule has 1 aliphatic carbocycles. The molecule has 144 valence electrons. The number of nitrogens with one attached hydrogen (secondary N) is 2. The van der Waals surface area contributed by atoms with Crippen molar-refractivity contribution in [1.29, 1.82) is 0 Å². The summed E-state index contributed by atoms with van der Waals surface area (Å²) in [5, 5.41) is 12.4. The fourth-order valence-electron chi connectivity index (χ4n) is 3.23. The van der Waals surface area contributed by atoms with Gasteiger partial charge in [0.1, 0.15) is 0 Å². The van der Waals surface area contributed by atoms with Crippen LogP contribution in [0.5, 0.6) is 0 Å². The minimum absolute atomic E-state index is 0. The second-order valence-electron chi connectivity index (χ2n) is 6.30. The summed E-state index contributed by atoms with van der Waals surface area (Å²) in [6.07, 6.45) is 5.93. The highest BCUT2D eigenvalue weighted by molar-refractivity contribution is 14.0. The number of aliphatic imine (C=N–C) groups is 1. The van der Waals surface area contributed by atoms with Crippen LogP contribution in [-0.4, -0.2) is 54.1 Å². The van der Waals surface area contributed by atoms with Gasteiger partial charge in [0, 0.05) is 43.3 Å². The third kappa shape index (κ3) is 6.32. The van der Waals surface area contributed by atoms with Crippen LogP contribution in [-0.2, 0) is 17.8 Å². The van der Waals surface area contributed by atoms with E-state index in [9.17, 15) is 0 Å². The maximum Gasteiger partial charge on any atom is 0.191 e. The van der Waals surface area contributed by atoms with Gasteiger partial charge in [-0.05, 0) is 39.4 Å². The molecule has 2 unspecified atom stereocenters. The monoisotopic (exact) mass is 481 g/mol. The number of thioether (sulfide) groups is 1. The Morgan fingerprint density at radius 3 is 2.76 bits per heavy atom. The van der Waals surface area contributed by atoms with Crippen LogP contribution < -0.4 is 10.6 Å². The topological polar surface area (TPSA) is 63.5 Å². The van der Waals surface area contributed by atoms with Crippen LogP contribution >= 0.6 is 35.7 Å². The quantitative estimate of drug-likeness (QED) is 0.356.